The van der Waals surface area contributed by atoms with Gasteiger partial charge in [0, 0.05) is 21.6 Å². The highest BCUT2D eigenvalue weighted by molar-refractivity contribution is 7.99. The third kappa shape index (κ3) is 6.81. The zero-order valence-corrected chi connectivity index (χ0v) is 12.9. The lowest BCUT2D eigenvalue weighted by Gasteiger charge is -2.09. The largest absolute Gasteiger partial charge is 0.357 e. The minimum atomic E-state index is -0.423. The Kier molecular flexibility index (Phi) is 7.32. The predicted molar refractivity (Wildman–Crippen MR) is 85.1 cm³/mol. The number of hydrogen-bond acceptors (Lipinski definition) is 5. The first-order valence-electron chi connectivity index (χ1n) is 6.45. The molecule has 1 aromatic rings. The summed E-state index contributed by atoms with van der Waals surface area (Å²) >= 11 is 1.71. The highest BCUT2D eigenvalue weighted by Crippen LogP contribution is 2.18. The number of imidazole rings is 1. The smallest absolute Gasteiger partial charge is 0.259 e. The number of amidine groups is 1. The van der Waals surface area contributed by atoms with E-state index in [0.717, 1.165) is 17.1 Å². The van der Waals surface area contributed by atoms with Crippen LogP contribution in [-0.4, -0.2) is 45.6 Å². The molecule has 0 aromatic carbocycles. The van der Waals surface area contributed by atoms with Crippen molar-refractivity contribution in [1.82, 2.24) is 15.3 Å². The van der Waals surface area contributed by atoms with Gasteiger partial charge in [0.1, 0.15) is 0 Å². The number of hydrogen-bond donors (Lipinski definition) is 2. The van der Waals surface area contributed by atoms with E-state index in [9.17, 15) is 10.1 Å². The number of nitrogens with one attached hydrogen (secondary N) is 2. The van der Waals surface area contributed by atoms with E-state index in [1.165, 1.54) is 0 Å². The van der Waals surface area contributed by atoms with Crippen LogP contribution in [0.5, 0.6) is 0 Å². The lowest BCUT2D eigenvalue weighted by atomic mass is 10.4. The number of H-pyrrole nitrogens is 1. The first-order valence-corrected chi connectivity index (χ1v) is 7.50. The molecule has 1 heterocycles. The van der Waals surface area contributed by atoms with Crippen LogP contribution in [0.3, 0.4) is 0 Å². The Hall–Kier alpha value is -2.01. The Morgan fingerprint density at radius 3 is 3.10 bits per heavy atom. The predicted octanol–water partition coefficient (Wildman–Crippen LogP) is 1.24. The normalized spacial score (nSPS) is 12.7. The lowest BCUT2D eigenvalue weighted by molar-refractivity contribution is -0.463. The van der Waals surface area contributed by atoms with Crippen molar-refractivity contribution in [2.24, 2.45) is 4.99 Å². The standard InChI is InChI=1S/C13H19N5O2S/c1-4-5-14-13(7-18(19)20)15-6-10(2)21-8-12-11(3)16-9-17-12/h1,9-10H,5-8H2,2-3H3,(H,14,15)(H,16,17). The van der Waals surface area contributed by atoms with Crippen LogP contribution >= 0.6 is 11.8 Å². The second kappa shape index (κ2) is 9.02. The van der Waals surface area contributed by atoms with E-state index in [-0.39, 0.29) is 18.3 Å². The van der Waals surface area contributed by atoms with Crippen molar-refractivity contribution < 1.29 is 4.92 Å². The summed E-state index contributed by atoms with van der Waals surface area (Å²) in [7, 11) is 0. The Morgan fingerprint density at radius 1 is 1.76 bits per heavy atom. The maximum absolute atomic E-state index is 10.6. The molecule has 8 heteroatoms. The van der Waals surface area contributed by atoms with E-state index in [4.69, 9.17) is 6.42 Å². The van der Waals surface area contributed by atoms with Crippen molar-refractivity contribution >= 4 is 17.6 Å². The van der Waals surface area contributed by atoms with Crippen molar-refractivity contribution in [3.8, 4) is 12.3 Å². The van der Waals surface area contributed by atoms with Gasteiger partial charge in [-0.25, -0.2) is 4.98 Å². The fourth-order valence-corrected chi connectivity index (χ4v) is 2.40. The van der Waals surface area contributed by atoms with E-state index in [1.807, 2.05) is 13.8 Å². The number of aryl methyl sites for hydroxylation is 1. The minimum absolute atomic E-state index is 0.232. The van der Waals surface area contributed by atoms with E-state index in [0.29, 0.717) is 12.4 Å². The maximum Gasteiger partial charge on any atom is 0.259 e. The van der Waals surface area contributed by atoms with E-state index < -0.39 is 4.92 Å². The maximum atomic E-state index is 10.6. The molecular formula is C13H19N5O2S. The van der Waals surface area contributed by atoms with Crippen LogP contribution in [0.2, 0.25) is 0 Å². The molecule has 0 aliphatic heterocycles. The summed E-state index contributed by atoms with van der Waals surface area (Å²) in [6.45, 7) is 4.40. The van der Waals surface area contributed by atoms with Crippen molar-refractivity contribution in [3.63, 3.8) is 0 Å². The van der Waals surface area contributed by atoms with Crippen molar-refractivity contribution in [2.75, 3.05) is 19.6 Å². The number of nitro groups is 1. The molecule has 114 valence electrons. The molecule has 0 spiro atoms. The van der Waals surface area contributed by atoms with Crippen LogP contribution in [0.1, 0.15) is 18.3 Å². The molecule has 1 aromatic heterocycles. The lowest BCUT2D eigenvalue weighted by Crippen LogP contribution is -2.31. The summed E-state index contributed by atoms with van der Waals surface area (Å²) in [6, 6.07) is 0. The molecule has 0 bridgehead atoms. The van der Waals surface area contributed by atoms with Crippen LogP contribution in [0.15, 0.2) is 11.3 Å². The molecule has 1 rings (SSSR count). The van der Waals surface area contributed by atoms with Crippen LogP contribution in [-0.2, 0) is 5.75 Å². The van der Waals surface area contributed by atoms with Crippen molar-refractivity contribution in [2.45, 2.75) is 24.9 Å². The van der Waals surface area contributed by atoms with Crippen LogP contribution in [0.25, 0.3) is 0 Å². The Labute approximate surface area is 128 Å². The van der Waals surface area contributed by atoms with Crippen molar-refractivity contribution in [3.05, 3.63) is 27.8 Å². The number of terminal acetylenes is 1. The second-order valence-electron chi connectivity index (χ2n) is 4.43. The molecule has 0 aliphatic carbocycles. The molecule has 21 heavy (non-hydrogen) atoms. The summed E-state index contributed by atoms with van der Waals surface area (Å²) in [4.78, 5) is 21.6. The van der Waals surface area contributed by atoms with Gasteiger partial charge in [0.2, 0.25) is 0 Å². The SMILES string of the molecule is C#CCNC(C[N+](=O)[O-])=NCC(C)SCc1nc[nH]c1C. The second-order valence-corrected chi connectivity index (χ2v) is 5.86. The summed E-state index contributed by atoms with van der Waals surface area (Å²) in [5.74, 6) is 3.48. The number of aromatic nitrogens is 2. The third-order valence-corrected chi connectivity index (χ3v) is 3.81. The summed E-state index contributed by atoms with van der Waals surface area (Å²) in [5, 5.41) is 13.6. The van der Waals surface area contributed by atoms with Gasteiger partial charge in [-0.15, -0.1) is 6.42 Å². The van der Waals surface area contributed by atoms with E-state index >= 15 is 0 Å². The van der Waals surface area contributed by atoms with E-state index in [2.05, 4.69) is 26.2 Å². The summed E-state index contributed by atoms with van der Waals surface area (Å²) in [6.07, 6.45) is 6.80. The Bertz CT molecular complexity index is 535. The van der Waals surface area contributed by atoms with Crippen LogP contribution < -0.4 is 5.32 Å². The van der Waals surface area contributed by atoms with Gasteiger partial charge in [-0.3, -0.25) is 15.1 Å². The molecule has 0 saturated carbocycles. The molecule has 2 N–H and O–H groups in total. The van der Waals surface area contributed by atoms with Gasteiger partial charge >= 0.3 is 0 Å². The molecule has 0 radical (unpaired) electrons. The van der Waals surface area contributed by atoms with Gasteiger partial charge in [-0.2, -0.15) is 11.8 Å². The zero-order chi connectivity index (χ0) is 15.7. The first-order chi connectivity index (χ1) is 10.0. The number of aromatic amines is 1. The molecule has 0 fully saturated rings. The number of thioether (sulfide) groups is 1. The topological polar surface area (TPSA) is 96.2 Å². The molecule has 7 nitrogen and oxygen atoms in total. The molecule has 0 aliphatic rings. The molecule has 1 atom stereocenters. The van der Waals surface area contributed by atoms with Crippen molar-refractivity contribution in [1.29, 1.82) is 0 Å². The molecule has 0 amide bonds. The highest BCUT2D eigenvalue weighted by Gasteiger charge is 2.09. The van der Waals surface area contributed by atoms with Gasteiger partial charge in [-0.1, -0.05) is 12.8 Å². The number of aliphatic imine (C=N–C) groups is 1. The fourth-order valence-electron chi connectivity index (χ4n) is 1.48. The number of nitrogens with zero attached hydrogens (tertiary/aromatic N) is 3. The zero-order valence-electron chi connectivity index (χ0n) is 12.1. The summed E-state index contributed by atoms with van der Waals surface area (Å²) in [5.41, 5.74) is 2.08. The first kappa shape index (κ1) is 17.0. The quantitative estimate of drug-likeness (QED) is 0.248. The highest BCUT2D eigenvalue weighted by atomic mass is 32.2. The molecule has 0 saturated heterocycles. The van der Waals surface area contributed by atoms with Gasteiger partial charge in [0.05, 0.1) is 25.1 Å². The minimum Gasteiger partial charge on any atom is -0.357 e. The van der Waals surface area contributed by atoms with Gasteiger partial charge in [0.15, 0.2) is 5.84 Å². The average Bonchev–Trinajstić information content (AvgIpc) is 2.84. The third-order valence-electron chi connectivity index (χ3n) is 2.65. The Morgan fingerprint density at radius 2 is 2.52 bits per heavy atom. The summed E-state index contributed by atoms with van der Waals surface area (Å²) < 4.78 is 0. The monoisotopic (exact) mass is 309 g/mol. The van der Waals surface area contributed by atoms with E-state index in [1.54, 1.807) is 18.1 Å². The number of rotatable bonds is 8. The van der Waals surface area contributed by atoms with Crippen LogP contribution in [0, 0.1) is 29.4 Å². The van der Waals surface area contributed by atoms with Gasteiger partial charge in [0.25, 0.3) is 6.54 Å². The fraction of sp³-hybridized carbons (Fsp3) is 0.538. The van der Waals surface area contributed by atoms with Gasteiger partial charge in [-0.05, 0) is 6.92 Å². The molecule has 1 unspecified atom stereocenters. The average molecular weight is 309 g/mol. The molecular weight excluding hydrogens is 290 g/mol. The van der Waals surface area contributed by atoms with Crippen LogP contribution in [0.4, 0.5) is 0 Å². The van der Waals surface area contributed by atoms with Gasteiger partial charge < -0.3 is 10.3 Å². The Balaban J connectivity index is 2.45.